The van der Waals surface area contributed by atoms with Crippen molar-refractivity contribution in [3.63, 3.8) is 0 Å². The molecule has 2 N–H and O–H groups in total. The quantitative estimate of drug-likeness (QED) is 0.627. The summed E-state index contributed by atoms with van der Waals surface area (Å²) >= 11 is 0. The van der Waals surface area contributed by atoms with Crippen molar-refractivity contribution in [2.24, 2.45) is 0 Å². The monoisotopic (exact) mass is 443 g/mol. The van der Waals surface area contributed by atoms with E-state index in [2.05, 4.69) is 15.3 Å². The number of hydrogen-bond acceptors (Lipinski definition) is 6. The first-order valence-electron chi connectivity index (χ1n) is 9.43. The van der Waals surface area contributed by atoms with Gasteiger partial charge in [-0.1, -0.05) is 12.1 Å². The Bertz CT molecular complexity index is 962. The highest BCUT2D eigenvalue weighted by Crippen LogP contribution is 2.37. The van der Waals surface area contributed by atoms with Crippen LogP contribution in [0, 0.1) is 13.8 Å². The van der Waals surface area contributed by atoms with Crippen LogP contribution in [-0.2, 0) is 26.9 Å². The lowest BCUT2D eigenvalue weighted by Gasteiger charge is -2.24. The molecule has 0 spiro atoms. The maximum atomic E-state index is 14.0. The molecule has 7 nitrogen and oxygen atoms in total. The molecular formula is C20H21F4N3O4. The SMILES string of the molecule is Cc1nc(CC(=O)O)c(C2OCCO2)c(N[C@H](CF)c2cccc(C(F)(F)F)c2C)n1. The fourth-order valence-corrected chi connectivity index (χ4v) is 3.50. The second-order valence-electron chi connectivity index (χ2n) is 6.99. The number of carboxylic acids is 1. The number of rotatable bonds is 7. The number of halogens is 4. The van der Waals surface area contributed by atoms with E-state index < -0.39 is 43.1 Å². The maximum Gasteiger partial charge on any atom is 0.416 e. The van der Waals surface area contributed by atoms with Gasteiger partial charge in [0.25, 0.3) is 0 Å². The Labute approximate surface area is 175 Å². The van der Waals surface area contributed by atoms with Crippen LogP contribution in [0.3, 0.4) is 0 Å². The first kappa shape index (κ1) is 22.9. The Kier molecular flexibility index (Phi) is 6.75. The summed E-state index contributed by atoms with van der Waals surface area (Å²) in [5, 5.41) is 12.1. The van der Waals surface area contributed by atoms with Gasteiger partial charge in [0.15, 0.2) is 6.29 Å². The normalized spacial score (nSPS) is 15.8. The van der Waals surface area contributed by atoms with E-state index in [0.29, 0.717) is 0 Å². The molecule has 0 amide bonds. The smallest absolute Gasteiger partial charge is 0.416 e. The standard InChI is InChI=1S/C20H21F4N3O4/c1-10-12(4-3-5-13(10)20(22,23)24)15(9-21)27-18-17(19-30-6-7-31-19)14(8-16(28)29)25-11(2)26-18/h3-5,15,19H,6-9H2,1-2H3,(H,28,29)(H,25,26,27)/t15-/m1/s1. The van der Waals surface area contributed by atoms with E-state index in [1.165, 1.54) is 26.0 Å². The molecule has 1 saturated heterocycles. The molecule has 168 valence electrons. The van der Waals surface area contributed by atoms with Gasteiger partial charge in [0.2, 0.25) is 0 Å². The van der Waals surface area contributed by atoms with Gasteiger partial charge >= 0.3 is 12.1 Å². The van der Waals surface area contributed by atoms with Crippen LogP contribution in [-0.4, -0.2) is 40.9 Å². The number of anilines is 1. The molecular weight excluding hydrogens is 422 g/mol. The van der Waals surface area contributed by atoms with Crippen LogP contribution in [0.2, 0.25) is 0 Å². The maximum absolute atomic E-state index is 14.0. The Morgan fingerprint density at radius 3 is 2.52 bits per heavy atom. The largest absolute Gasteiger partial charge is 0.481 e. The van der Waals surface area contributed by atoms with Gasteiger partial charge in [-0.3, -0.25) is 4.79 Å². The highest BCUT2D eigenvalue weighted by Gasteiger charge is 2.34. The van der Waals surface area contributed by atoms with Gasteiger partial charge in [0, 0.05) is 0 Å². The van der Waals surface area contributed by atoms with Gasteiger partial charge in [0.1, 0.15) is 18.3 Å². The summed E-state index contributed by atoms with van der Waals surface area (Å²) in [6.45, 7) is 2.27. The van der Waals surface area contributed by atoms with Crippen LogP contribution in [0.5, 0.6) is 0 Å². The molecule has 1 aliphatic heterocycles. The number of aryl methyl sites for hydroxylation is 1. The molecule has 0 unspecified atom stereocenters. The molecule has 0 saturated carbocycles. The lowest BCUT2D eigenvalue weighted by molar-refractivity contribution is -0.138. The summed E-state index contributed by atoms with van der Waals surface area (Å²) in [6, 6.07) is 2.37. The van der Waals surface area contributed by atoms with E-state index in [0.717, 1.165) is 6.07 Å². The molecule has 31 heavy (non-hydrogen) atoms. The van der Waals surface area contributed by atoms with Crippen molar-refractivity contribution in [1.82, 2.24) is 9.97 Å². The first-order valence-corrected chi connectivity index (χ1v) is 9.43. The van der Waals surface area contributed by atoms with Crippen LogP contribution in [0.15, 0.2) is 18.2 Å². The van der Waals surface area contributed by atoms with Crippen molar-refractivity contribution in [3.8, 4) is 0 Å². The Balaban J connectivity index is 2.06. The molecule has 1 fully saturated rings. The molecule has 1 aliphatic rings. The van der Waals surface area contributed by atoms with Crippen LogP contribution in [0.25, 0.3) is 0 Å². The topological polar surface area (TPSA) is 93.6 Å². The highest BCUT2D eigenvalue weighted by atomic mass is 19.4. The van der Waals surface area contributed by atoms with E-state index in [4.69, 9.17) is 9.47 Å². The van der Waals surface area contributed by atoms with Gasteiger partial charge in [-0.2, -0.15) is 13.2 Å². The molecule has 11 heteroatoms. The average Bonchev–Trinajstić information content (AvgIpc) is 3.19. The number of aliphatic carboxylic acids is 1. The Morgan fingerprint density at radius 2 is 1.94 bits per heavy atom. The number of carbonyl (C=O) groups is 1. The third-order valence-corrected chi connectivity index (χ3v) is 4.83. The second kappa shape index (κ2) is 9.15. The summed E-state index contributed by atoms with van der Waals surface area (Å²) < 4.78 is 64.8. The van der Waals surface area contributed by atoms with E-state index in [-0.39, 0.29) is 47.2 Å². The van der Waals surface area contributed by atoms with Crippen molar-refractivity contribution < 1.29 is 36.9 Å². The number of ether oxygens (including phenoxy) is 2. The minimum absolute atomic E-state index is 0.0510. The lowest BCUT2D eigenvalue weighted by atomic mass is 9.96. The number of nitrogens with one attached hydrogen (secondary N) is 1. The van der Waals surface area contributed by atoms with Gasteiger partial charge in [-0.15, -0.1) is 0 Å². The Morgan fingerprint density at radius 1 is 1.26 bits per heavy atom. The predicted molar refractivity (Wildman–Crippen MR) is 101 cm³/mol. The van der Waals surface area contributed by atoms with E-state index in [1.54, 1.807) is 0 Å². The third-order valence-electron chi connectivity index (χ3n) is 4.83. The summed E-state index contributed by atoms with van der Waals surface area (Å²) in [4.78, 5) is 19.7. The van der Waals surface area contributed by atoms with E-state index in [1.807, 2.05) is 0 Å². The molecule has 1 aromatic heterocycles. The summed E-state index contributed by atoms with van der Waals surface area (Å²) in [5.41, 5.74) is -0.566. The van der Waals surface area contributed by atoms with Crippen molar-refractivity contribution in [2.45, 2.75) is 38.8 Å². The van der Waals surface area contributed by atoms with Crippen molar-refractivity contribution in [1.29, 1.82) is 0 Å². The van der Waals surface area contributed by atoms with E-state index >= 15 is 0 Å². The number of nitrogens with zero attached hydrogens (tertiary/aromatic N) is 2. The average molecular weight is 443 g/mol. The molecule has 2 heterocycles. The van der Waals surface area contributed by atoms with Crippen LogP contribution in [0.1, 0.15) is 46.1 Å². The molecule has 1 aromatic carbocycles. The second-order valence-corrected chi connectivity index (χ2v) is 6.99. The molecule has 0 radical (unpaired) electrons. The van der Waals surface area contributed by atoms with Gasteiger partial charge in [0.05, 0.1) is 42.5 Å². The lowest BCUT2D eigenvalue weighted by Crippen LogP contribution is -2.21. The Hall–Kier alpha value is -2.79. The molecule has 0 bridgehead atoms. The van der Waals surface area contributed by atoms with E-state index in [9.17, 15) is 27.5 Å². The summed E-state index contributed by atoms with van der Waals surface area (Å²) in [7, 11) is 0. The van der Waals surface area contributed by atoms with Crippen molar-refractivity contribution in [3.05, 3.63) is 52.0 Å². The third kappa shape index (κ3) is 5.10. The summed E-state index contributed by atoms with van der Waals surface area (Å²) in [5.74, 6) is -0.895. The van der Waals surface area contributed by atoms with Gasteiger partial charge in [-0.25, -0.2) is 14.4 Å². The van der Waals surface area contributed by atoms with Crippen molar-refractivity contribution >= 4 is 11.8 Å². The number of alkyl halides is 4. The fraction of sp³-hybridized carbons (Fsp3) is 0.450. The van der Waals surface area contributed by atoms with Gasteiger partial charge in [-0.05, 0) is 31.0 Å². The molecule has 0 aliphatic carbocycles. The molecule has 1 atom stereocenters. The van der Waals surface area contributed by atoms with Gasteiger partial charge < -0.3 is 19.9 Å². The minimum atomic E-state index is -4.59. The zero-order chi connectivity index (χ0) is 22.8. The number of aromatic nitrogens is 2. The first-order chi connectivity index (χ1) is 14.6. The summed E-state index contributed by atoms with van der Waals surface area (Å²) in [6.07, 6.45) is -6.02. The van der Waals surface area contributed by atoms with Crippen molar-refractivity contribution in [2.75, 3.05) is 25.2 Å². The van der Waals surface area contributed by atoms with Crippen LogP contribution < -0.4 is 5.32 Å². The van der Waals surface area contributed by atoms with Crippen LogP contribution >= 0.6 is 0 Å². The zero-order valence-electron chi connectivity index (χ0n) is 16.8. The number of carboxylic acid groups (broad SMARTS) is 1. The zero-order valence-corrected chi connectivity index (χ0v) is 16.8. The number of hydrogen-bond donors (Lipinski definition) is 2. The highest BCUT2D eigenvalue weighted by molar-refractivity contribution is 5.71. The predicted octanol–water partition coefficient (Wildman–Crippen LogP) is 3.91. The minimum Gasteiger partial charge on any atom is -0.481 e. The molecule has 2 aromatic rings. The number of benzene rings is 1. The van der Waals surface area contributed by atoms with Crippen LogP contribution in [0.4, 0.5) is 23.4 Å². The molecule has 3 rings (SSSR count). The fourth-order valence-electron chi connectivity index (χ4n) is 3.50.